The van der Waals surface area contributed by atoms with Gasteiger partial charge in [0.05, 0.1) is 22.9 Å². The predicted molar refractivity (Wildman–Crippen MR) is 122 cm³/mol. The summed E-state index contributed by atoms with van der Waals surface area (Å²) in [6.45, 7) is 7.91. The highest BCUT2D eigenvalue weighted by Gasteiger charge is 2.41. The van der Waals surface area contributed by atoms with E-state index in [1.54, 1.807) is 6.92 Å². The summed E-state index contributed by atoms with van der Waals surface area (Å²) in [4.78, 5) is 25.1. The molecule has 1 saturated heterocycles. The Labute approximate surface area is 186 Å². The number of azo groups is 1. The Hall–Kier alpha value is -3.55. The fourth-order valence-electron chi connectivity index (χ4n) is 4.77. The molecule has 0 amide bonds. The molecule has 0 N–H and O–H groups in total. The normalized spacial score (nSPS) is 22.2. The lowest BCUT2D eigenvalue weighted by atomic mass is 9.93. The number of nitro groups is 1. The Morgan fingerprint density at radius 2 is 1.91 bits per heavy atom. The lowest BCUT2D eigenvalue weighted by molar-refractivity contribution is -0.385. The first-order chi connectivity index (χ1) is 15.5. The van der Waals surface area contributed by atoms with Crippen LogP contribution < -0.4 is 4.90 Å². The molecule has 166 valence electrons. The van der Waals surface area contributed by atoms with E-state index in [-0.39, 0.29) is 23.5 Å². The third-order valence-electron chi connectivity index (χ3n) is 6.38. The van der Waals surface area contributed by atoms with Crippen molar-refractivity contribution in [2.24, 2.45) is 28.0 Å². The van der Waals surface area contributed by atoms with Crippen molar-refractivity contribution in [1.82, 2.24) is 0 Å². The molecule has 8 nitrogen and oxygen atoms in total. The SMILES string of the molecule is C=CC1CCC2CN(c3ccc(N=Nc4ccc(C(=O)OCC)c([N+](=O)[O-])c4)cc3)CC12. The first-order valence-corrected chi connectivity index (χ1v) is 10.8. The fourth-order valence-corrected chi connectivity index (χ4v) is 4.77. The smallest absolute Gasteiger partial charge is 0.345 e. The Morgan fingerprint density at radius 1 is 1.19 bits per heavy atom. The number of carbonyl (C=O) groups excluding carboxylic acids is 1. The van der Waals surface area contributed by atoms with E-state index in [2.05, 4.69) is 27.8 Å². The summed E-state index contributed by atoms with van der Waals surface area (Å²) in [5, 5.41) is 19.6. The minimum atomic E-state index is -0.733. The third-order valence-corrected chi connectivity index (χ3v) is 6.38. The van der Waals surface area contributed by atoms with Gasteiger partial charge in [0.25, 0.3) is 5.69 Å². The second-order valence-electron chi connectivity index (χ2n) is 8.20. The average Bonchev–Trinajstić information content (AvgIpc) is 3.39. The van der Waals surface area contributed by atoms with Crippen molar-refractivity contribution in [1.29, 1.82) is 0 Å². The maximum Gasteiger partial charge on any atom is 0.345 e. The Kier molecular flexibility index (Phi) is 6.30. The van der Waals surface area contributed by atoms with Gasteiger partial charge >= 0.3 is 5.97 Å². The molecule has 1 aliphatic carbocycles. The number of ether oxygens (including phenoxy) is 1. The van der Waals surface area contributed by atoms with Crippen LogP contribution in [0.15, 0.2) is 65.3 Å². The lowest BCUT2D eigenvalue weighted by Crippen LogP contribution is -2.21. The molecule has 3 atom stereocenters. The summed E-state index contributed by atoms with van der Waals surface area (Å²) in [5.41, 5.74) is 1.64. The molecular formula is C24H26N4O4. The van der Waals surface area contributed by atoms with E-state index < -0.39 is 10.9 Å². The van der Waals surface area contributed by atoms with Crippen LogP contribution in [0.25, 0.3) is 0 Å². The van der Waals surface area contributed by atoms with Gasteiger partial charge in [-0.25, -0.2) is 4.79 Å². The van der Waals surface area contributed by atoms with E-state index >= 15 is 0 Å². The zero-order valence-corrected chi connectivity index (χ0v) is 18.0. The number of carbonyl (C=O) groups is 1. The second-order valence-corrected chi connectivity index (χ2v) is 8.20. The van der Waals surface area contributed by atoms with Crippen LogP contribution >= 0.6 is 0 Å². The first kappa shape index (κ1) is 21.7. The Morgan fingerprint density at radius 3 is 2.59 bits per heavy atom. The first-order valence-electron chi connectivity index (χ1n) is 10.8. The molecule has 2 aromatic rings. The molecule has 1 aliphatic heterocycles. The van der Waals surface area contributed by atoms with Gasteiger partial charge in [-0.2, -0.15) is 10.2 Å². The summed E-state index contributed by atoms with van der Waals surface area (Å²) in [7, 11) is 0. The summed E-state index contributed by atoms with van der Waals surface area (Å²) >= 11 is 0. The number of benzene rings is 2. The van der Waals surface area contributed by atoms with Crippen molar-refractivity contribution >= 4 is 28.7 Å². The van der Waals surface area contributed by atoms with Gasteiger partial charge in [0.2, 0.25) is 0 Å². The zero-order chi connectivity index (χ0) is 22.7. The lowest BCUT2D eigenvalue weighted by Gasteiger charge is -2.21. The summed E-state index contributed by atoms with van der Waals surface area (Å²) in [6, 6.07) is 11.9. The van der Waals surface area contributed by atoms with E-state index in [9.17, 15) is 14.9 Å². The van der Waals surface area contributed by atoms with Gasteiger partial charge in [-0.05, 0) is 73.9 Å². The predicted octanol–water partition coefficient (Wildman–Crippen LogP) is 5.84. The van der Waals surface area contributed by atoms with E-state index in [0.29, 0.717) is 17.5 Å². The van der Waals surface area contributed by atoms with Gasteiger partial charge in [-0.3, -0.25) is 10.1 Å². The van der Waals surface area contributed by atoms with Crippen LogP contribution in [0.4, 0.5) is 22.7 Å². The minimum Gasteiger partial charge on any atom is -0.462 e. The quantitative estimate of drug-likeness (QED) is 0.179. The number of anilines is 1. The largest absolute Gasteiger partial charge is 0.462 e. The van der Waals surface area contributed by atoms with Gasteiger partial charge in [0, 0.05) is 24.8 Å². The van der Waals surface area contributed by atoms with Crippen molar-refractivity contribution in [3.05, 3.63) is 70.8 Å². The van der Waals surface area contributed by atoms with E-state index in [4.69, 9.17) is 4.74 Å². The van der Waals surface area contributed by atoms with Crippen molar-refractivity contribution in [3.8, 4) is 0 Å². The number of nitrogens with zero attached hydrogens (tertiary/aromatic N) is 4. The van der Waals surface area contributed by atoms with Crippen LogP contribution in [-0.4, -0.2) is 30.6 Å². The summed E-state index contributed by atoms with van der Waals surface area (Å²) < 4.78 is 4.87. The van der Waals surface area contributed by atoms with E-state index in [0.717, 1.165) is 24.7 Å². The minimum absolute atomic E-state index is 0.103. The summed E-state index contributed by atoms with van der Waals surface area (Å²) in [5.74, 6) is 1.33. The van der Waals surface area contributed by atoms with Crippen molar-refractivity contribution < 1.29 is 14.5 Å². The molecule has 2 fully saturated rings. The maximum atomic E-state index is 11.9. The number of rotatable bonds is 7. The van der Waals surface area contributed by atoms with Gasteiger partial charge in [-0.15, -0.1) is 6.58 Å². The number of fused-ring (bicyclic) bond motifs is 1. The van der Waals surface area contributed by atoms with Crippen LogP contribution in [-0.2, 0) is 4.74 Å². The number of esters is 1. The fraction of sp³-hybridized carbons (Fsp3) is 0.375. The number of allylic oxidation sites excluding steroid dienone is 1. The zero-order valence-electron chi connectivity index (χ0n) is 18.0. The molecule has 2 aliphatic rings. The van der Waals surface area contributed by atoms with E-state index in [1.165, 1.54) is 31.0 Å². The number of hydrogen-bond donors (Lipinski definition) is 0. The van der Waals surface area contributed by atoms with Crippen molar-refractivity contribution in [3.63, 3.8) is 0 Å². The highest BCUT2D eigenvalue weighted by molar-refractivity contribution is 5.94. The topological polar surface area (TPSA) is 97.4 Å². The van der Waals surface area contributed by atoms with Crippen LogP contribution in [0, 0.1) is 27.9 Å². The highest BCUT2D eigenvalue weighted by atomic mass is 16.6. The van der Waals surface area contributed by atoms with Crippen LogP contribution in [0.2, 0.25) is 0 Å². The molecule has 0 radical (unpaired) electrons. The molecule has 8 heteroatoms. The standard InChI is InChI=1S/C24H26N4O4/c1-3-16-5-6-17-14-27(15-22(16)17)20-10-7-18(8-11-20)25-26-19-9-12-21(24(29)32-4-2)23(13-19)28(30)31/h3,7-13,16-17,22H,1,4-6,14-15H2,2H3. The van der Waals surface area contributed by atoms with Gasteiger partial charge in [0.1, 0.15) is 5.56 Å². The highest BCUT2D eigenvalue weighted by Crippen LogP contribution is 2.44. The Balaban J connectivity index is 1.45. The van der Waals surface area contributed by atoms with Crippen LogP contribution in [0.3, 0.4) is 0 Å². The van der Waals surface area contributed by atoms with Gasteiger partial charge < -0.3 is 9.64 Å². The molecule has 2 aromatic carbocycles. The Bertz CT molecular complexity index is 1050. The number of nitro benzene ring substituents is 1. The number of hydrogen-bond acceptors (Lipinski definition) is 7. The molecule has 4 rings (SSSR count). The van der Waals surface area contributed by atoms with Crippen molar-refractivity contribution in [2.45, 2.75) is 19.8 Å². The molecule has 1 heterocycles. The average molecular weight is 434 g/mol. The maximum absolute atomic E-state index is 11.9. The molecule has 1 saturated carbocycles. The van der Waals surface area contributed by atoms with Crippen LogP contribution in [0.5, 0.6) is 0 Å². The van der Waals surface area contributed by atoms with E-state index in [1.807, 2.05) is 24.3 Å². The molecule has 3 unspecified atom stereocenters. The van der Waals surface area contributed by atoms with Gasteiger partial charge in [0.15, 0.2) is 0 Å². The monoisotopic (exact) mass is 434 g/mol. The second kappa shape index (κ2) is 9.30. The molecule has 32 heavy (non-hydrogen) atoms. The molecule has 0 bridgehead atoms. The van der Waals surface area contributed by atoms with Crippen LogP contribution in [0.1, 0.15) is 30.1 Å². The molecule has 0 aromatic heterocycles. The third kappa shape index (κ3) is 4.39. The summed E-state index contributed by atoms with van der Waals surface area (Å²) in [6.07, 6.45) is 4.64. The van der Waals surface area contributed by atoms with Gasteiger partial charge in [-0.1, -0.05) is 6.08 Å². The molecule has 0 spiro atoms. The molecular weight excluding hydrogens is 408 g/mol. The van der Waals surface area contributed by atoms with Crippen molar-refractivity contribution in [2.75, 3.05) is 24.6 Å².